The normalized spacial score (nSPS) is 26.4. The Morgan fingerprint density at radius 2 is 1.61 bits per heavy atom. The van der Waals surface area contributed by atoms with Crippen LogP contribution in [0.25, 0.3) is 17.2 Å². The molecule has 0 spiro atoms. The maximum Gasteiger partial charge on any atom is 0.328 e. The van der Waals surface area contributed by atoms with E-state index in [2.05, 4.69) is 24.3 Å². The second-order valence-electron chi connectivity index (χ2n) is 11.1. The van der Waals surface area contributed by atoms with Crippen molar-refractivity contribution < 1.29 is 19.7 Å². The Kier molecular flexibility index (Phi) is 5.83. The van der Waals surface area contributed by atoms with Gasteiger partial charge in [0, 0.05) is 17.2 Å². The minimum Gasteiger partial charge on any atom is -0.507 e. The van der Waals surface area contributed by atoms with Crippen molar-refractivity contribution >= 4 is 12.0 Å². The molecule has 0 heterocycles. The highest BCUT2D eigenvalue weighted by Gasteiger charge is 2.52. The van der Waals surface area contributed by atoms with E-state index >= 15 is 0 Å². The first-order chi connectivity index (χ1) is 17.5. The number of carboxylic acid groups (broad SMARTS) is 1. The zero-order valence-electron chi connectivity index (χ0n) is 20.4. The topological polar surface area (TPSA) is 66.8 Å². The smallest absolute Gasteiger partial charge is 0.328 e. The SMILES string of the molecule is O=C(O)C=Cc1ccc(O)c(-c2ccc(OCc3ccccc3)c(C34CC5CC(CC(C5)C3)C4)c2)c1. The molecule has 0 unspecified atom stereocenters. The molecular formula is C32H32O4. The third kappa shape index (κ3) is 4.41. The summed E-state index contributed by atoms with van der Waals surface area (Å²) in [7, 11) is 0. The minimum absolute atomic E-state index is 0.132. The molecule has 4 saturated carbocycles. The van der Waals surface area contributed by atoms with Gasteiger partial charge in [-0.15, -0.1) is 0 Å². The molecule has 4 fully saturated rings. The van der Waals surface area contributed by atoms with Crippen molar-refractivity contribution in [1.82, 2.24) is 0 Å². The van der Waals surface area contributed by atoms with Crippen LogP contribution in [-0.4, -0.2) is 16.2 Å². The van der Waals surface area contributed by atoms with Crippen LogP contribution in [0.2, 0.25) is 0 Å². The number of hydrogen-bond acceptors (Lipinski definition) is 3. The van der Waals surface area contributed by atoms with Crippen LogP contribution in [0, 0.1) is 17.8 Å². The van der Waals surface area contributed by atoms with E-state index in [1.54, 1.807) is 18.2 Å². The van der Waals surface area contributed by atoms with Crippen molar-refractivity contribution in [2.24, 2.45) is 17.8 Å². The van der Waals surface area contributed by atoms with Gasteiger partial charge in [0.1, 0.15) is 18.1 Å². The monoisotopic (exact) mass is 480 g/mol. The van der Waals surface area contributed by atoms with E-state index in [0.29, 0.717) is 12.2 Å². The zero-order valence-corrected chi connectivity index (χ0v) is 20.4. The van der Waals surface area contributed by atoms with E-state index < -0.39 is 5.97 Å². The van der Waals surface area contributed by atoms with E-state index in [1.807, 2.05) is 30.3 Å². The summed E-state index contributed by atoms with van der Waals surface area (Å²) in [5.41, 5.74) is 4.95. The molecule has 0 saturated heterocycles. The average molecular weight is 481 g/mol. The summed E-state index contributed by atoms with van der Waals surface area (Å²) in [6, 6.07) is 21.8. The number of aliphatic carboxylic acids is 1. The minimum atomic E-state index is -0.992. The van der Waals surface area contributed by atoms with Crippen molar-refractivity contribution in [3.8, 4) is 22.6 Å². The van der Waals surface area contributed by atoms with Gasteiger partial charge in [-0.3, -0.25) is 0 Å². The predicted octanol–water partition coefficient (Wildman–Crippen LogP) is 7.20. The molecule has 4 aliphatic rings. The number of benzene rings is 3. The summed E-state index contributed by atoms with van der Waals surface area (Å²) in [6.45, 7) is 0.528. The van der Waals surface area contributed by atoms with Crippen LogP contribution in [0.3, 0.4) is 0 Å². The van der Waals surface area contributed by atoms with Crippen molar-refractivity contribution in [3.63, 3.8) is 0 Å². The molecule has 0 radical (unpaired) electrons. The van der Waals surface area contributed by atoms with Gasteiger partial charge in [0.2, 0.25) is 0 Å². The van der Waals surface area contributed by atoms with Gasteiger partial charge in [-0.1, -0.05) is 42.5 Å². The Hall–Kier alpha value is -3.53. The van der Waals surface area contributed by atoms with Crippen molar-refractivity contribution in [1.29, 1.82) is 0 Å². The van der Waals surface area contributed by atoms with Crippen LogP contribution < -0.4 is 4.74 Å². The number of phenols is 1. The number of phenolic OH excluding ortho intramolecular Hbond substituents is 1. The first kappa shape index (κ1) is 22.9. The maximum atomic E-state index is 11.0. The number of ether oxygens (including phenoxy) is 1. The third-order valence-corrected chi connectivity index (χ3v) is 8.58. The number of aromatic hydroxyl groups is 1. The fourth-order valence-electron chi connectivity index (χ4n) is 7.47. The van der Waals surface area contributed by atoms with E-state index in [-0.39, 0.29) is 11.2 Å². The van der Waals surface area contributed by atoms with Gasteiger partial charge in [-0.2, -0.15) is 0 Å². The van der Waals surface area contributed by atoms with E-state index in [1.165, 1.54) is 44.1 Å². The largest absolute Gasteiger partial charge is 0.507 e. The fraction of sp³-hybridized carbons (Fsp3) is 0.344. The van der Waals surface area contributed by atoms with Gasteiger partial charge < -0.3 is 14.9 Å². The lowest BCUT2D eigenvalue weighted by Crippen LogP contribution is -2.48. The lowest BCUT2D eigenvalue weighted by Gasteiger charge is -2.57. The van der Waals surface area contributed by atoms with Crippen molar-refractivity contribution in [2.75, 3.05) is 0 Å². The van der Waals surface area contributed by atoms with Gasteiger partial charge in [-0.05, 0) is 109 Å². The molecule has 4 aliphatic carbocycles. The Morgan fingerprint density at radius 3 is 2.28 bits per heavy atom. The highest BCUT2D eigenvalue weighted by atomic mass is 16.5. The lowest BCUT2D eigenvalue weighted by atomic mass is 9.48. The summed E-state index contributed by atoms with van der Waals surface area (Å²) >= 11 is 0. The van der Waals surface area contributed by atoms with E-state index in [9.17, 15) is 9.90 Å². The van der Waals surface area contributed by atoms with Crippen LogP contribution in [0.1, 0.15) is 55.2 Å². The molecular weight excluding hydrogens is 448 g/mol. The van der Waals surface area contributed by atoms with Gasteiger partial charge in [-0.25, -0.2) is 4.79 Å². The second kappa shape index (κ2) is 9.16. The molecule has 4 heteroatoms. The van der Waals surface area contributed by atoms with Gasteiger partial charge in [0.15, 0.2) is 0 Å². The Balaban J connectivity index is 1.41. The van der Waals surface area contributed by atoms with Crippen LogP contribution in [0.15, 0.2) is 72.8 Å². The second-order valence-corrected chi connectivity index (χ2v) is 11.1. The van der Waals surface area contributed by atoms with Crippen LogP contribution in [-0.2, 0) is 16.8 Å². The van der Waals surface area contributed by atoms with Crippen molar-refractivity contribution in [2.45, 2.75) is 50.5 Å². The first-order valence-corrected chi connectivity index (χ1v) is 13.0. The summed E-state index contributed by atoms with van der Waals surface area (Å²) < 4.78 is 6.48. The third-order valence-electron chi connectivity index (χ3n) is 8.58. The Labute approximate surface area is 212 Å². The van der Waals surface area contributed by atoms with Gasteiger partial charge in [0.05, 0.1) is 0 Å². The molecule has 3 aromatic rings. The van der Waals surface area contributed by atoms with Crippen LogP contribution >= 0.6 is 0 Å². The molecule has 3 aromatic carbocycles. The molecule has 0 atom stereocenters. The Bertz CT molecular complexity index is 1270. The average Bonchev–Trinajstić information content (AvgIpc) is 2.87. The molecule has 2 N–H and O–H groups in total. The molecule has 4 bridgehead atoms. The standard InChI is InChI=1S/C32H32O4/c33-29-9-6-21(7-11-31(34)35)15-27(29)26-8-10-30(36-20-22-4-2-1-3-5-22)28(16-26)32-17-23-12-24(18-32)14-25(13-23)19-32/h1-11,15-16,23-25,33H,12-14,17-20H2,(H,34,35). The van der Waals surface area contributed by atoms with E-state index in [4.69, 9.17) is 9.84 Å². The molecule has 7 rings (SSSR count). The molecule has 0 aromatic heterocycles. The molecule has 0 amide bonds. The van der Waals surface area contributed by atoms with Crippen LogP contribution in [0.5, 0.6) is 11.5 Å². The van der Waals surface area contributed by atoms with Crippen LogP contribution in [0.4, 0.5) is 0 Å². The zero-order chi connectivity index (χ0) is 24.7. The predicted molar refractivity (Wildman–Crippen MR) is 141 cm³/mol. The summed E-state index contributed by atoms with van der Waals surface area (Å²) in [5.74, 6) is 2.57. The number of hydrogen-bond donors (Lipinski definition) is 2. The Morgan fingerprint density at radius 1 is 0.917 bits per heavy atom. The molecule has 4 nitrogen and oxygen atoms in total. The first-order valence-electron chi connectivity index (χ1n) is 13.0. The summed E-state index contributed by atoms with van der Waals surface area (Å²) in [6.07, 6.45) is 10.5. The van der Waals surface area contributed by atoms with Gasteiger partial charge >= 0.3 is 5.97 Å². The molecule has 184 valence electrons. The number of carboxylic acids is 1. The number of rotatable bonds is 7. The molecule has 36 heavy (non-hydrogen) atoms. The molecule has 0 aliphatic heterocycles. The maximum absolute atomic E-state index is 11.0. The summed E-state index contributed by atoms with van der Waals surface area (Å²) in [4.78, 5) is 11.0. The lowest BCUT2D eigenvalue weighted by molar-refractivity contribution is -0.131. The number of carbonyl (C=O) groups is 1. The van der Waals surface area contributed by atoms with Gasteiger partial charge in [0.25, 0.3) is 0 Å². The fourth-order valence-corrected chi connectivity index (χ4v) is 7.47. The quantitative estimate of drug-likeness (QED) is 0.351. The summed E-state index contributed by atoms with van der Waals surface area (Å²) in [5, 5.41) is 19.8. The highest BCUT2D eigenvalue weighted by Crippen LogP contribution is 2.62. The highest BCUT2D eigenvalue weighted by molar-refractivity contribution is 5.86. The van der Waals surface area contributed by atoms with E-state index in [0.717, 1.165) is 46.3 Å². The van der Waals surface area contributed by atoms with Crippen molar-refractivity contribution in [3.05, 3.63) is 89.5 Å².